The van der Waals surface area contributed by atoms with Crippen LogP contribution in [-0.4, -0.2) is 58.7 Å². The van der Waals surface area contributed by atoms with Crippen LogP contribution in [-0.2, 0) is 4.79 Å². The lowest BCUT2D eigenvalue weighted by Crippen LogP contribution is -2.41. The van der Waals surface area contributed by atoms with E-state index in [0.717, 1.165) is 54.4 Å². The maximum Gasteiger partial charge on any atom is 0.303 e. The molecule has 1 unspecified atom stereocenters. The van der Waals surface area contributed by atoms with Crippen molar-refractivity contribution >= 4 is 28.6 Å². The highest BCUT2D eigenvalue weighted by Crippen LogP contribution is 2.37. The van der Waals surface area contributed by atoms with Gasteiger partial charge in [-0.05, 0) is 86.7 Å². The lowest BCUT2D eigenvalue weighted by molar-refractivity contribution is -0.137. The minimum absolute atomic E-state index is 0.194. The molecule has 7 heteroatoms. The van der Waals surface area contributed by atoms with E-state index in [0.29, 0.717) is 36.0 Å². The summed E-state index contributed by atoms with van der Waals surface area (Å²) >= 11 is 2.11. The van der Waals surface area contributed by atoms with Gasteiger partial charge in [0.25, 0.3) is 0 Å². The molecular weight excluding hydrogens is 463 g/mol. The van der Waals surface area contributed by atoms with Gasteiger partial charge >= 0.3 is 5.97 Å². The predicted octanol–water partition coefficient (Wildman–Crippen LogP) is 6.51. The minimum Gasteiger partial charge on any atom is -0.497 e. The monoisotopic (exact) mass is 502 g/mol. The molecule has 1 saturated heterocycles. The average Bonchev–Trinajstić information content (AvgIpc) is 3.39. The Morgan fingerprint density at radius 2 is 2.06 bits per heavy atom. The van der Waals surface area contributed by atoms with Crippen molar-refractivity contribution in [2.45, 2.75) is 69.2 Å². The third-order valence-electron chi connectivity index (χ3n) is 7.88. The first kappa shape index (κ1) is 26.2. The summed E-state index contributed by atoms with van der Waals surface area (Å²) in [5.74, 6) is 1.81. The molecule has 5 nitrogen and oxygen atoms in total. The number of hydrogen-bond acceptors (Lipinski definition) is 5. The van der Waals surface area contributed by atoms with Gasteiger partial charge in [-0.1, -0.05) is 12.8 Å². The second-order valence-electron chi connectivity index (χ2n) is 10.1. The number of carboxylic acid groups (broad SMARTS) is 1. The molecule has 4 rings (SSSR count). The van der Waals surface area contributed by atoms with Crippen LogP contribution in [0.1, 0.15) is 69.5 Å². The van der Waals surface area contributed by atoms with Crippen molar-refractivity contribution < 1.29 is 19.0 Å². The number of carbonyl (C=O) groups is 1. The molecule has 2 aliphatic rings. The van der Waals surface area contributed by atoms with Crippen LogP contribution in [0.3, 0.4) is 0 Å². The third kappa shape index (κ3) is 7.32. The van der Waals surface area contributed by atoms with Crippen LogP contribution >= 0.6 is 11.8 Å². The van der Waals surface area contributed by atoms with Crippen molar-refractivity contribution in [2.75, 3.05) is 32.5 Å². The predicted molar refractivity (Wildman–Crippen MR) is 141 cm³/mol. The number of ether oxygens (including phenoxy) is 1. The van der Waals surface area contributed by atoms with E-state index >= 15 is 4.39 Å². The van der Waals surface area contributed by atoms with Crippen molar-refractivity contribution in [2.24, 2.45) is 11.8 Å². The van der Waals surface area contributed by atoms with Crippen LogP contribution in [0, 0.1) is 11.8 Å². The normalized spacial score (nSPS) is 22.5. The molecule has 192 valence electrons. The van der Waals surface area contributed by atoms with Crippen molar-refractivity contribution in [1.82, 2.24) is 9.88 Å². The fourth-order valence-electron chi connectivity index (χ4n) is 5.84. The number of hydrogen-bond donors (Lipinski definition) is 1. The van der Waals surface area contributed by atoms with Gasteiger partial charge in [-0.2, -0.15) is 11.8 Å². The highest BCUT2D eigenvalue weighted by Gasteiger charge is 2.30. The van der Waals surface area contributed by atoms with Gasteiger partial charge in [0.05, 0.1) is 12.6 Å². The molecule has 3 atom stereocenters. The Balaban J connectivity index is 1.34. The molecule has 1 N–H and O–H groups in total. The van der Waals surface area contributed by atoms with E-state index in [9.17, 15) is 9.90 Å². The van der Waals surface area contributed by atoms with Crippen LogP contribution in [0.25, 0.3) is 10.9 Å². The standard InChI is InChI=1S/C28H39FN2O3S/c1-34-22-8-10-27-25(18-22)24(12-14-30-27)26(29)9-6-20-13-15-31(19-21(20)7-11-28(32)33)16-17-35-23-4-2-3-5-23/h8,10,12,14,18,20-21,23,26H,2-7,9,11,13,15-17,19H2,1H3,(H,32,33)/t20-,21+,26?/m1/s1. The van der Waals surface area contributed by atoms with Gasteiger partial charge in [-0.3, -0.25) is 9.78 Å². The number of fused-ring (bicyclic) bond motifs is 1. The van der Waals surface area contributed by atoms with Gasteiger partial charge in [0.1, 0.15) is 11.9 Å². The third-order valence-corrected chi connectivity index (χ3v) is 9.24. The number of piperidine rings is 1. The second kappa shape index (κ2) is 12.9. The van der Waals surface area contributed by atoms with E-state index in [1.807, 2.05) is 18.2 Å². The molecule has 1 aliphatic carbocycles. The Morgan fingerprint density at radius 3 is 2.83 bits per heavy atom. The molecule has 0 spiro atoms. The van der Waals surface area contributed by atoms with Crippen LogP contribution in [0.5, 0.6) is 5.75 Å². The lowest BCUT2D eigenvalue weighted by atomic mass is 9.79. The van der Waals surface area contributed by atoms with Crippen LogP contribution < -0.4 is 4.74 Å². The summed E-state index contributed by atoms with van der Waals surface area (Å²) in [4.78, 5) is 18.2. The van der Waals surface area contributed by atoms with E-state index < -0.39 is 12.1 Å². The van der Waals surface area contributed by atoms with Crippen molar-refractivity contribution in [3.05, 3.63) is 36.0 Å². The molecule has 0 amide bonds. The van der Waals surface area contributed by atoms with E-state index in [1.54, 1.807) is 19.4 Å². The fraction of sp³-hybridized carbons (Fsp3) is 0.643. The zero-order valence-electron chi connectivity index (χ0n) is 20.8. The Hall–Kier alpha value is -1.86. The molecule has 1 aliphatic heterocycles. The van der Waals surface area contributed by atoms with Gasteiger partial charge in [0.2, 0.25) is 0 Å². The molecule has 1 aromatic carbocycles. The van der Waals surface area contributed by atoms with Gasteiger partial charge in [0.15, 0.2) is 0 Å². The number of likely N-dealkylation sites (tertiary alicyclic amines) is 1. The van der Waals surface area contributed by atoms with E-state index in [1.165, 1.54) is 25.7 Å². The number of alkyl halides is 1. The number of thioether (sulfide) groups is 1. The number of rotatable bonds is 12. The first-order chi connectivity index (χ1) is 17.0. The fourth-order valence-corrected chi connectivity index (χ4v) is 7.20. The number of benzene rings is 1. The zero-order chi connectivity index (χ0) is 24.6. The quantitative estimate of drug-likeness (QED) is 0.357. The van der Waals surface area contributed by atoms with Crippen LogP contribution in [0.15, 0.2) is 30.5 Å². The van der Waals surface area contributed by atoms with Crippen LogP contribution in [0.4, 0.5) is 4.39 Å². The number of pyridine rings is 1. The Bertz CT molecular complexity index is 968. The SMILES string of the molecule is COc1ccc2nccc(C(F)CC[C@@H]3CCN(CCSC4CCCC4)C[C@@H]3CCC(=O)O)c2c1. The van der Waals surface area contributed by atoms with Gasteiger partial charge in [-0.15, -0.1) is 0 Å². The smallest absolute Gasteiger partial charge is 0.303 e. The van der Waals surface area contributed by atoms with E-state index in [4.69, 9.17) is 4.74 Å². The summed E-state index contributed by atoms with van der Waals surface area (Å²) < 4.78 is 20.8. The van der Waals surface area contributed by atoms with Crippen molar-refractivity contribution in [1.29, 1.82) is 0 Å². The van der Waals surface area contributed by atoms with Crippen molar-refractivity contribution in [3.8, 4) is 5.75 Å². The molecule has 2 aromatic rings. The Kier molecular flexibility index (Phi) is 9.67. The molecule has 1 saturated carbocycles. The molecule has 0 bridgehead atoms. The Labute approximate surface area is 212 Å². The topological polar surface area (TPSA) is 62.7 Å². The van der Waals surface area contributed by atoms with Crippen LogP contribution in [0.2, 0.25) is 0 Å². The average molecular weight is 503 g/mol. The summed E-state index contributed by atoms with van der Waals surface area (Å²) in [6.45, 7) is 3.05. The number of aromatic nitrogens is 1. The zero-order valence-corrected chi connectivity index (χ0v) is 21.6. The molecular formula is C28H39FN2O3S. The van der Waals surface area contributed by atoms with Gasteiger partial charge in [-0.25, -0.2) is 4.39 Å². The highest BCUT2D eigenvalue weighted by molar-refractivity contribution is 7.99. The maximum absolute atomic E-state index is 15.5. The van der Waals surface area contributed by atoms with Crippen molar-refractivity contribution in [3.63, 3.8) is 0 Å². The second-order valence-corrected chi connectivity index (χ2v) is 11.6. The highest BCUT2D eigenvalue weighted by atomic mass is 32.2. The molecule has 35 heavy (non-hydrogen) atoms. The summed E-state index contributed by atoms with van der Waals surface area (Å²) in [6.07, 6.45) is 9.19. The number of methoxy groups -OCH3 is 1. The summed E-state index contributed by atoms with van der Waals surface area (Å²) in [7, 11) is 1.61. The minimum atomic E-state index is -1.08. The Morgan fingerprint density at radius 1 is 1.23 bits per heavy atom. The number of halogens is 1. The van der Waals surface area contributed by atoms with E-state index in [-0.39, 0.29) is 6.42 Å². The largest absolute Gasteiger partial charge is 0.497 e. The summed E-state index contributed by atoms with van der Waals surface area (Å²) in [6, 6.07) is 7.35. The molecule has 0 radical (unpaired) electrons. The molecule has 2 heterocycles. The number of carboxylic acids is 1. The number of aliphatic carboxylic acids is 1. The maximum atomic E-state index is 15.5. The number of nitrogens with zero attached hydrogens (tertiary/aromatic N) is 2. The summed E-state index contributed by atoms with van der Waals surface area (Å²) in [5.41, 5.74) is 1.44. The molecule has 2 fully saturated rings. The lowest BCUT2D eigenvalue weighted by Gasteiger charge is -2.39. The van der Waals surface area contributed by atoms with Gasteiger partial charge in [0, 0.05) is 42.1 Å². The summed E-state index contributed by atoms with van der Waals surface area (Å²) in [5, 5.41) is 10.9. The first-order valence-corrected chi connectivity index (χ1v) is 14.2. The van der Waals surface area contributed by atoms with Gasteiger partial charge < -0.3 is 14.7 Å². The first-order valence-electron chi connectivity index (χ1n) is 13.2. The van der Waals surface area contributed by atoms with E-state index in [2.05, 4.69) is 21.6 Å². The molecule has 1 aromatic heterocycles.